The summed E-state index contributed by atoms with van der Waals surface area (Å²) < 4.78 is 25.5. The van der Waals surface area contributed by atoms with Gasteiger partial charge in [-0.05, 0) is 25.5 Å². The minimum atomic E-state index is -0.707. The normalized spacial score (nSPS) is 10.2. The van der Waals surface area contributed by atoms with Gasteiger partial charge in [-0.25, -0.2) is 8.78 Å². The van der Waals surface area contributed by atoms with E-state index in [9.17, 15) is 8.78 Å². The molecule has 0 saturated heterocycles. The van der Waals surface area contributed by atoms with Crippen molar-refractivity contribution in [2.45, 2.75) is 6.42 Å². The molecule has 3 heteroatoms. The SMILES string of the molecule is [CH2]Cc1c(F)ccc(Cl)c1F. The Morgan fingerprint density at radius 1 is 1.36 bits per heavy atom. The minimum Gasteiger partial charge on any atom is -0.207 e. The maximum absolute atomic E-state index is 12.9. The van der Waals surface area contributed by atoms with Gasteiger partial charge >= 0.3 is 0 Å². The van der Waals surface area contributed by atoms with Gasteiger partial charge in [0.05, 0.1) is 5.02 Å². The van der Waals surface area contributed by atoms with E-state index in [0.29, 0.717) is 0 Å². The Balaban J connectivity index is 3.29. The zero-order valence-electron chi connectivity index (χ0n) is 5.70. The fourth-order valence-corrected chi connectivity index (χ4v) is 0.975. The second-order valence-electron chi connectivity index (χ2n) is 2.07. The summed E-state index contributed by atoms with van der Waals surface area (Å²) in [5.41, 5.74) is -0.0579. The average Bonchev–Trinajstić information content (AvgIpc) is 1.99. The van der Waals surface area contributed by atoms with Crippen LogP contribution in [-0.2, 0) is 6.42 Å². The predicted molar refractivity (Wildman–Crippen MR) is 40.4 cm³/mol. The quantitative estimate of drug-likeness (QED) is 0.576. The molecule has 0 saturated carbocycles. The molecular formula is C8H6ClF2. The molecule has 1 radical (unpaired) electrons. The maximum atomic E-state index is 12.9. The van der Waals surface area contributed by atoms with Crippen LogP contribution in [0.4, 0.5) is 8.78 Å². The van der Waals surface area contributed by atoms with Crippen molar-refractivity contribution in [3.63, 3.8) is 0 Å². The predicted octanol–water partition coefficient (Wildman–Crippen LogP) is 2.99. The largest absolute Gasteiger partial charge is 0.207 e. The van der Waals surface area contributed by atoms with Crippen molar-refractivity contribution in [2.24, 2.45) is 0 Å². The lowest BCUT2D eigenvalue weighted by atomic mass is 10.1. The molecule has 0 aromatic heterocycles. The topological polar surface area (TPSA) is 0 Å². The van der Waals surface area contributed by atoms with E-state index in [2.05, 4.69) is 6.92 Å². The first kappa shape index (κ1) is 8.47. The average molecular weight is 176 g/mol. The molecule has 0 aliphatic rings. The second-order valence-corrected chi connectivity index (χ2v) is 2.48. The summed E-state index contributed by atoms with van der Waals surface area (Å²) in [6, 6.07) is 2.32. The Labute approximate surface area is 68.8 Å². The lowest BCUT2D eigenvalue weighted by Crippen LogP contribution is -1.93. The van der Waals surface area contributed by atoms with Gasteiger partial charge in [0.15, 0.2) is 0 Å². The van der Waals surface area contributed by atoms with Gasteiger partial charge in [0, 0.05) is 5.56 Å². The molecule has 11 heavy (non-hydrogen) atoms. The van der Waals surface area contributed by atoms with Crippen LogP contribution in [0.25, 0.3) is 0 Å². The molecule has 0 unspecified atom stereocenters. The zero-order chi connectivity index (χ0) is 8.43. The molecule has 0 fully saturated rings. The van der Waals surface area contributed by atoms with Crippen LogP contribution in [-0.4, -0.2) is 0 Å². The van der Waals surface area contributed by atoms with Gasteiger partial charge in [-0.3, -0.25) is 0 Å². The molecule has 0 N–H and O–H groups in total. The molecule has 1 aromatic rings. The molecule has 0 amide bonds. The maximum Gasteiger partial charge on any atom is 0.147 e. The smallest absolute Gasteiger partial charge is 0.147 e. The van der Waals surface area contributed by atoms with E-state index >= 15 is 0 Å². The summed E-state index contributed by atoms with van der Waals surface area (Å²) in [5, 5.41) is -0.0648. The van der Waals surface area contributed by atoms with Crippen molar-refractivity contribution in [2.75, 3.05) is 0 Å². The Morgan fingerprint density at radius 3 is 2.45 bits per heavy atom. The van der Waals surface area contributed by atoms with Crippen LogP contribution in [0, 0.1) is 18.6 Å². The van der Waals surface area contributed by atoms with Crippen molar-refractivity contribution < 1.29 is 8.78 Å². The Hall–Kier alpha value is -0.630. The highest BCUT2D eigenvalue weighted by atomic mass is 35.5. The fourth-order valence-electron chi connectivity index (χ4n) is 0.798. The van der Waals surface area contributed by atoms with E-state index in [1.54, 1.807) is 0 Å². The molecule has 59 valence electrons. The third-order valence-electron chi connectivity index (χ3n) is 1.39. The Morgan fingerprint density at radius 2 is 2.00 bits per heavy atom. The van der Waals surface area contributed by atoms with Crippen LogP contribution in [0.15, 0.2) is 12.1 Å². The van der Waals surface area contributed by atoms with Gasteiger partial charge < -0.3 is 0 Å². The second kappa shape index (κ2) is 3.18. The lowest BCUT2D eigenvalue weighted by Gasteiger charge is -2.01. The van der Waals surface area contributed by atoms with Crippen LogP contribution in [0.5, 0.6) is 0 Å². The fraction of sp³-hybridized carbons (Fsp3) is 0.125. The van der Waals surface area contributed by atoms with E-state index in [4.69, 9.17) is 11.6 Å². The highest BCUT2D eigenvalue weighted by Gasteiger charge is 2.09. The monoisotopic (exact) mass is 175 g/mol. The van der Waals surface area contributed by atoms with Crippen LogP contribution in [0.2, 0.25) is 5.02 Å². The molecular weight excluding hydrogens is 170 g/mol. The minimum absolute atomic E-state index is 0.0579. The lowest BCUT2D eigenvalue weighted by molar-refractivity contribution is 0.562. The van der Waals surface area contributed by atoms with Crippen LogP contribution < -0.4 is 0 Å². The van der Waals surface area contributed by atoms with Crippen molar-refractivity contribution in [1.29, 1.82) is 0 Å². The van der Waals surface area contributed by atoms with Crippen molar-refractivity contribution in [3.05, 3.63) is 41.3 Å². The summed E-state index contributed by atoms with van der Waals surface area (Å²) in [7, 11) is 0. The zero-order valence-corrected chi connectivity index (χ0v) is 6.46. The number of rotatable bonds is 1. The molecule has 1 aromatic carbocycles. The van der Waals surface area contributed by atoms with Crippen molar-refractivity contribution in [3.8, 4) is 0 Å². The van der Waals surface area contributed by atoms with Crippen molar-refractivity contribution in [1.82, 2.24) is 0 Å². The van der Waals surface area contributed by atoms with E-state index in [0.717, 1.165) is 6.07 Å². The molecule has 0 aliphatic heterocycles. The highest BCUT2D eigenvalue weighted by Crippen LogP contribution is 2.20. The summed E-state index contributed by atoms with van der Waals surface area (Å²) in [6.45, 7) is 3.38. The van der Waals surface area contributed by atoms with Gasteiger partial charge in [0.1, 0.15) is 11.6 Å². The van der Waals surface area contributed by atoms with Gasteiger partial charge in [-0.2, -0.15) is 0 Å². The van der Waals surface area contributed by atoms with E-state index in [-0.39, 0.29) is 17.0 Å². The molecule has 0 aliphatic carbocycles. The summed E-state index contributed by atoms with van der Waals surface area (Å²) in [6.07, 6.45) is 0.0677. The first-order valence-electron chi connectivity index (χ1n) is 3.08. The summed E-state index contributed by atoms with van der Waals surface area (Å²) in [4.78, 5) is 0. The summed E-state index contributed by atoms with van der Waals surface area (Å²) >= 11 is 5.40. The van der Waals surface area contributed by atoms with Crippen LogP contribution >= 0.6 is 11.6 Å². The third kappa shape index (κ3) is 1.51. The third-order valence-corrected chi connectivity index (χ3v) is 1.68. The van der Waals surface area contributed by atoms with E-state index in [1.807, 2.05) is 0 Å². The molecule has 0 nitrogen and oxygen atoms in total. The van der Waals surface area contributed by atoms with Crippen molar-refractivity contribution >= 4 is 11.6 Å². The number of hydrogen-bond donors (Lipinski definition) is 0. The molecule has 0 spiro atoms. The first-order chi connectivity index (χ1) is 5.16. The first-order valence-corrected chi connectivity index (χ1v) is 3.46. The Kier molecular flexibility index (Phi) is 2.45. The van der Waals surface area contributed by atoms with Gasteiger partial charge in [-0.1, -0.05) is 11.6 Å². The number of halogens is 3. The molecule has 0 atom stereocenters. The molecule has 1 rings (SSSR count). The van der Waals surface area contributed by atoms with Gasteiger partial charge in [0.25, 0.3) is 0 Å². The Bertz CT molecular complexity index is 271. The van der Waals surface area contributed by atoms with Crippen LogP contribution in [0.1, 0.15) is 5.56 Å². The summed E-state index contributed by atoms with van der Waals surface area (Å²) in [5.74, 6) is -1.30. The van der Waals surface area contributed by atoms with Crippen LogP contribution in [0.3, 0.4) is 0 Å². The number of hydrogen-bond acceptors (Lipinski definition) is 0. The van der Waals surface area contributed by atoms with E-state index < -0.39 is 11.6 Å². The van der Waals surface area contributed by atoms with E-state index in [1.165, 1.54) is 6.07 Å². The van der Waals surface area contributed by atoms with Gasteiger partial charge in [-0.15, -0.1) is 0 Å². The highest BCUT2D eigenvalue weighted by molar-refractivity contribution is 6.30. The number of benzene rings is 1. The molecule has 0 bridgehead atoms. The van der Waals surface area contributed by atoms with Gasteiger partial charge in [0.2, 0.25) is 0 Å². The standard InChI is InChI=1S/C8H6ClF2/c1-2-5-7(10)4-3-6(9)8(5)11/h3-4H,1-2H2. The molecule has 0 heterocycles.